The van der Waals surface area contributed by atoms with Gasteiger partial charge in [0.15, 0.2) is 0 Å². The lowest BCUT2D eigenvalue weighted by Crippen LogP contribution is -2.05. The monoisotopic (exact) mass is 206 g/mol. The molecule has 80 valence electrons. The second kappa shape index (κ2) is 5.86. The highest BCUT2D eigenvalue weighted by atomic mass is 16.5. The second-order valence-electron chi connectivity index (χ2n) is 2.81. The number of ether oxygens (including phenoxy) is 1. The molecule has 0 bridgehead atoms. The van der Waals surface area contributed by atoms with Crippen LogP contribution in [-0.4, -0.2) is 12.6 Å². The van der Waals surface area contributed by atoms with Crippen molar-refractivity contribution < 1.29 is 13.9 Å². The number of esters is 1. The van der Waals surface area contributed by atoms with E-state index in [-0.39, 0.29) is 5.97 Å². The Morgan fingerprint density at radius 1 is 1.60 bits per heavy atom. The van der Waals surface area contributed by atoms with Gasteiger partial charge in [0.25, 0.3) is 0 Å². The number of carbonyl (C=O) groups excluding carboxylic acids is 1. The van der Waals surface area contributed by atoms with E-state index in [0.29, 0.717) is 17.9 Å². The Labute approximate surface area is 89.0 Å². The first-order chi connectivity index (χ1) is 7.27. The maximum Gasteiger partial charge on any atom is 0.337 e. The van der Waals surface area contributed by atoms with Crippen LogP contribution in [0.4, 0.5) is 0 Å². The molecular weight excluding hydrogens is 192 g/mol. The third-order valence-corrected chi connectivity index (χ3v) is 1.79. The number of furan rings is 1. The second-order valence-corrected chi connectivity index (χ2v) is 2.81. The van der Waals surface area contributed by atoms with Crippen LogP contribution < -0.4 is 0 Å². The summed E-state index contributed by atoms with van der Waals surface area (Å²) in [6.45, 7) is 3.95. The topological polar surface area (TPSA) is 39.4 Å². The van der Waals surface area contributed by atoms with Crippen molar-refractivity contribution in [2.75, 3.05) is 6.61 Å². The number of rotatable bonds is 4. The van der Waals surface area contributed by atoms with Gasteiger partial charge in [-0.25, -0.2) is 4.79 Å². The lowest BCUT2D eigenvalue weighted by Gasteiger charge is -2.00. The van der Waals surface area contributed by atoms with Crippen molar-refractivity contribution in [1.82, 2.24) is 0 Å². The minimum atomic E-state index is -0.317. The summed E-state index contributed by atoms with van der Waals surface area (Å²) in [5.74, 6) is 0.390. The molecule has 1 aromatic rings. The molecule has 0 atom stereocenters. The van der Waals surface area contributed by atoms with Crippen molar-refractivity contribution in [1.29, 1.82) is 0 Å². The average Bonchev–Trinajstić information content (AvgIpc) is 2.72. The summed E-state index contributed by atoms with van der Waals surface area (Å²) in [6.07, 6.45) is 6.69. The molecule has 0 fully saturated rings. The Hall–Kier alpha value is -1.77. The van der Waals surface area contributed by atoms with Gasteiger partial charge in [0.2, 0.25) is 0 Å². The minimum Gasteiger partial charge on any atom is -0.465 e. The molecule has 1 aromatic heterocycles. The fraction of sp³-hybridized carbons (Fsp3) is 0.250. The summed E-state index contributed by atoms with van der Waals surface area (Å²) in [5, 5.41) is 0. The SMILES string of the molecule is C/C=C(\C=C\c1ccco1)C(=O)OCC. The summed E-state index contributed by atoms with van der Waals surface area (Å²) < 4.78 is 9.98. The Kier molecular flexibility index (Phi) is 4.41. The Balaban J connectivity index is 2.66. The molecule has 0 aliphatic heterocycles. The standard InChI is InChI=1S/C12H14O3/c1-3-10(12(13)14-4-2)7-8-11-6-5-9-15-11/h3,5-9H,4H2,1-2H3/b8-7+,10-3+. The molecule has 0 radical (unpaired) electrons. The van der Waals surface area contributed by atoms with Gasteiger partial charge in [-0.1, -0.05) is 6.08 Å². The highest BCUT2D eigenvalue weighted by Gasteiger charge is 2.05. The van der Waals surface area contributed by atoms with Gasteiger partial charge >= 0.3 is 5.97 Å². The molecule has 3 nitrogen and oxygen atoms in total. The first-order valence-electron chi connectivity index (χ1n) is 4.83. The zero-order chi connectivity index (χ0) is 11.1. The molecule has 0 N–H and O–H groups in total. The molecule has 0 aliphatic carbocycles. The molecule has 0 saturated carbocycles. The van der Waals surface area contributed by atoms with Crippen LogP contribution in [-0.2, 0) is 9.53 Å². The highest BCUT2D eigenvalue weighted by Crippen LogP contribution is 2.07. The normalized spacial score (nSPS) is 12.0. The van der Waals surface area contributed by atoms with Crippen molar-refractivity contribution >= 4 is 12.0 Å². The zero-order valence-electron chi connectivity index (χ0n) is 8.90. The van der Waals surface area contributed by atoms with Gasteiger partial charge in [-0.05, 0) is 38.1 Å². The van der Waals surface area contributed by atoms with Crippen molar-refractivity contribution in [3.63, 3.8) is 0 Å². The Bertz CT molecular complexity index is 358. The van der Waals surface area contributed by atoms with Crippen molar-refractivity contribution in [2.45, 2.75) is 13.8 Å². The van der Waals surface area contributed by atoms with Gasteiger partial charge in [-0.15, -0.1) is 0 Å². The van der Waals surface area contributed by atoms with Gasteiger partial charge in [0, 0.05) is 0 Å². The maximum atomic E-state index is 11.4. The number of hydrogen-bond acceptors (Lipinski definition) is 3. The lowest BCUT2D eigenvalue weighted by molar-refractivity contribution is -0.138. The van der Waals surface area contributed by atoms with E-state index in [9.17, 15) is 4.79 Å². The molecule has 0 unspecified atom stereocenters. The molecule has 1 rings (SSSR count). The summed E-state index contributed by atoms with van der Waals surface area (Å²) in [5.41, 5.74) is 0.522. The van der Waals surface area contributed by atoms with E-state index in [2.05, 4.69) is 0 Å². The van der Waals surface area contributed by atoms with Gasteiger partial charge in [0.1, 0.15) is 5.76 Å². The third kappa shape index (κ3) is 3.46. The van der Waals surface area contributed by atoms with E-state index in [0.717, 1.165) is 0 Å². The number of carbonyl (C=O) groups is 1. The fourth-order valence-corrected chi connectivity index (χ4v) is 1.05. The molecule has 0 saturated heterocycles. The smallest absolute Gasteiger partial charge is 0.337 e. The molecule has 0 spiro atoms. The highest BCUT2D eigenvalue weighted by molar-refractivity contribution is 5.92. The Morgan fingerprint density at radius 3 is 2.93 bits per heavy atom. The maximum absolute atomic E-state index is 11.4. The van der Waals surface area contributed by atoms with Crippen LogP contribution in [0.5, 0.6) is 0 Å². The van der Waals surface area contributed by atoms with Crippen LogP contribution in [0.15, 0.2) is 40.5 Å². The van der Waals surface area contributed by atoms with E-state index in [1.54, 1.807) is 44.4 Å². The zero-order valence-corrected chi connectivity index (χ0v) is 8.90. The van der Waals surface area contributed by atoms with Gasteiger partial charge in [-0.3, -0.25) is 0 Å². The van der Waals surface area contributed by atoms with Gasteiger partial charge in [0.05, 0.1) is 18.4 Å². The fourth-order valence-electron chi connectivity index (χ4n) is 1.05. The van der Waals surface area contributed by atoms with E-state index >= 15 is 0 Å². The van der Waals surface area contributed by atoms with E-state index in [1.165, 1.54) is 0 Å². The molecule has 1 heterocycles. The Morgan fingerprint density at radius 2 is 2.40 bits per heavy atom. The average molecular weight is 206 g/mol. The van der Waals surface area contributed by atoms with Crippen LogP contribution >= 0.6 is 0 Å². The molecule has 3 heteroatoms. The number of allylic oxidation sites excluding steroid dienone is 1. The van der Waals surface area contributed by atoms with Crippen LogP contribution in [0, 0.1) is 0 Å². The van der Waals surface area contributed by atoms with Crippen molar-refractivity contribution in [3.8, 4) is 0 Å². The quantitative estimate of drug-likeness (QED) is 0.432. The van der Waals surface area contributed by atoms with E-state index < -0.39 is 0 Å². The van der Waals surface area contributed by atoms with Crippen molar-refractivity contribution in [2.24, 2.45) is 0 Å². The first kappa shape index (κ1) is 11.3. The number of hydrogen-bond donors (Lipinski definition) is 0. The summed E-state index contributed by atoms with van der Waals surface area (Å²) >= 11 is 0. The summed E-state index contributed by atoms with van der Waals surface area (Å²) in [6, 6.07) is 3.61. The van der Waals surface area contributed by atoms with Gasteiger partial charge in [-0.2, -0.15) is 0 Å². The van der Waals surface area contributed by atoms with Crippen LogP contribution in [0.3, 0.4) is 0 Å². The molecule has 0 aromatic carbocycles. The predicted octanol–water partition coefficient (Wildman–Crippen LogP) is 2.80. The van der Waals surface area contributed by atoms with E-state index in [1.807, 2.05) is 6.07 Å². The van der Waals surface area contributed by atoms with Crippen molar-refractivity contribution in [3.05, 3.63) is 41.9 Å². The summed E-state index contributed by atoms with van der Waals surface area (Å²) in [7, 11) is 0. The first-order valence-corrected chi connectivity index (χ1v) is 4.83. The molecule has 0 amide bonds. The lowest BCUT2D eigenvalue weighted by atomic mass is 10.2. The molecular formula is C12H14O3. The third-order valence-electron chi connectivity index (χ3n) is 1.79. The van der Waals surface area contributed by atoms with Crippen LogP contribution in [0.25, 0.3) is 6.08 Å². The van der Waals surface area contributed by atoms with E-state index in [4.69, 9.17) is 9.15 Å². The predicted molar refractivity (Wildman–Crippen MR) is 58.1 cm³/mol. The molecule has 0 aliphatic rings. The largest absolute Gasteiger partial charge is 0.465 e. The minimum absolute atomic E-state index is 0.317. The molecule has 15 heavy (non-hydrogen) atoms. The van der Waals surface area contributed by atoms with Crippen LogP contribution in [0.1, 0.15) is 19.6 Å². The summed E-state index contributed by atoms with van der Waals surface area (Å²) in [4.78, 5) is 11.4. The van der Waals surface area contributed by atoms with Gasteiger partial charge < -0.3 is 9.15 Å². The van der Waals surface area contributed by atoms with Crippen LogP contribution in [0.2, 0.25) is 0 Å².